The predicted octanol–water partition coefficient (Wildman–Crippen LogP) is 0.811. The third-order valence-corrected chi connectivity index (χ3v) is 1.88. The van der Waals surface area contributed by atoms with Crippen molar-refractivity contribution in [3.05, 3.63) is 11.8 Å². The first kappa shape index (κ1) is 9.55. The molecule has 3 atom stereocenters. The van der Waals surface area contributed by atoms with E-state index in [9.17, 15) is 5.11 Å². The van der Waals surface area contributed by atoms with Crippen LogP contribution in [0.25, 0.3) is 0 Å². The van der Waals surface area contributed by atoms with Crippen LogP contribution in [0.2, 0.25) is 0 Å². The number of hydrogen-bond acceptors (Lipinski definition) is 3. The van der Waals surface area contributed by atoms with E-state index in [0.717, 1.165) is 6.42 Å². The maximum Gasteiger partial charge on any atom is 0.121 e. The Morgan fingerprint density at radius 3 is 2.75 bits per heavy atom. The van der Waals surface area contributed by atoms with Gasteiger partial charge in [0.25, 0.3) is 0 Å². The third-order valence-electron chi connectivity index (χ3n) is 1.88. The van der Waals surface area contributed by atoms with E-state index in [2.05, 4.69) is 0 Å². The molecule has 3 nitrogen and oxygen atoms in total. The van der Waals surface area contributed by atoms with Crippen molar-refractivity contribution in [1.29, 1.82) is 0 Å². The summed E-state index contributed by atoms with van der Waals surface area (Å²) in [6, 6.07) is 0. The SMILES string of the molecule is CC(O)CC(O)C1=CC[C@@H](C)O1. The van der Waals surface area contributed by atoms with Crippen molar-refractivity contribution in [2.75, 3.05) is 0 Å². The lowest BCUT2D eigenvalue weighted by Gasteiger charge is -2.15. The Labute approximate surface area is 72.7 Å². The fraction of sp³-hybridized carbons (Fsp3) is 0.778. The lowest BCUT2D eigenvalue weighted by Crippen LogP contribution is -2.18. The molecular formula is C9H16O3. The molecule has 0 aliphatic carbocycles. The van der Waals surface area contributed by atoms with Crippen LogP contribution in [0.5, 0.6) is 0 Å². The summed E-state index contributed by atoms with van der Waals surface area (Å²) >= 11 is 0. The monoisotopic (exact) mass is 172 g/mol. The van der Waals surface area contributed by atoms with Gasteiger partial charge in [0.1, 0.15) is 11.9 Å². The number of hydrogen-bond donors (Lipinski definition) is 2. The molecule has 0 amide bonds. The molecule has 2 N–H and O–H groups in total. The first-order valence-electron chi connectivity index (χ1n) is 4.32. The van der Waals surface area contributed by atoms with Gasteiger partial charge in [-0.05, 0) is 19.9 Å². The van der Waals surface area contributed by atoms with Gasteiger partial charge in [-0.1, -0.05) is 0 Å². The van der Waals surface area contributed by atoms with Gasteiger partial charge in [-0.3, -0.25) is 0 Å². The second-order valence-corrected chi connectivity index (χ2v) is 3.37. The summed E-state index contributed by atoms with van der Waals surface area (Å²) in [5.74, 6) is 0.614. The average molecular weight is 172 g/mol. The normalized spacial score (nSPS) is 27.7. The largest absolute Gasteiger partial charge is 0.492 e. The van der Waals surface area contributed by atoms with Gasteiger partial charge in [0, 0.05) is 12.8 Å². The molecule has 0 aromatic rings. The Morgan fingerprint density at radius 2 is 2.33 bits per heavy atom. The molecule has 0 fully saturated rings. The van der Waals surface area contributed by atoms with Gasteiger partial charge in [0.2, 0.25) is 0 Å². The van der Waals surface area contributed by atoms with Crippen LogP contribution in [-0.4, -0.2) is 28.5 Å². The predicted molar refractivity (Wildman–Crippen MR) is 45.6 cm³/mol. The Hall–Kier alpha value is -0.540. The summed E-state index contributed by atoms with van der Waals surface area (Å²) in [6.07, 6.45) is 2.13. The lowest BCUT2D eigenvalue weighted by atomic mass is 10.1. The van der Waals surface area contributed by atoms with Crippen molar-refractivity contribution in [3.8, 4) is 0 Å². The Balaban J connectivity index is 2.38. The summed E-state index contributed by atoms with van der Waals surface area (Å²) in [6.45, 7) is 3.61. The number of aliphatic hydroxyl groups excluding tert-OH is 2. The highest BCUT2D eigenvalue weighted by Crippen LogP contribution is 2.21. The van der Waals surface area contributed by atoms with Crippen LogP contribution in [0.3, 0.4) is 0 Å². The molecule has 0 bridgehead atoms. The number of rotatable bonds is 3. The highest BCUT2D eigenvalue weighted by Gasteiger charge is 2.21. The second kappa shape index (κ2) is 3.92. The van der Waals surface area contributed by atoms with Crippen LogP contribution in [0.15, 0.2) is 11.8 Å². The van der Waals surface area contributed by atoms with E-state index in [0.29, 0.717) is 12.2 Å². The lowest BCUT2D eigenvalue weighted by molar-refractivity contribution is 0.0500. The van der Waals surface area contributed by atoms with Gasteiger partial charge in [-0.25, -0.2) is 0 Å². The minimum absolute atomic E-state index is 0.170. The van der Waals surface area contributed by atoms with E-state index in [-0.39, 0.29) is 6.10 Å². The molecule has 0 saturated heterocycles. The van der Waals surface area contributed by atoms with Crippen LogP contribution in [0, 0.1) is 0 Å². The molecule has 0 saturated carbocycles. The zero-order valence-electron chi connectivity index (χ0n) is 7.53. The molecule has 0 aromatic carbocycles. The number of aliphatic hydroxyl groups is 2. The highest BCUT2D eigenvalue weighted by atomic mass is 16.5. The minimum Gasteiger partial charge on any atom is -0.492 e. The van der Waals surface area contributed by atoms with E-state index in [4.69, 9.17) is 9.84 Å². The van der Waals surface area contributed by atoms with E-state index in [1.54, 1.807) is 6.92 Å². The summed E-state index contributed by atoms with van der Waals surface area (Å²) in [7, 11) is 0. The van der Waals surface area contributed by atoms with Crippen LogP contribution in [-0.2, 0) is 4.74 Å². The summed E-state index contributed by atoms with van der Waals surface area (Å²) in [4.78, 5) is 0. The molecule has 1 aliphatic rings. The molecular weight excluding hydrogens is 156 g/mol. The van der Waals surface area contributed by atoms with Crippen LogP contribution in [0.1, 0.15) is 26.7 Å². The van der Waals surface area contributed by atoms with Crippen LogP contribution >= 0.6 is 0 Å². The fourth-order valence-corrected chi connectivity index (χ4v) is 1.26. The van der Waals surface area contributed by atoms with Crippen molar-refractivity contribution in [2.45, 2.75) is 45.0 Å². The summed E-state index contributed by atoms with van der Waals surface area (Å²) < 4.78 is 5.32. The molecule has 2 unspecified atom stereocenters. The first-order valence-corrected chi connectivity index (χ1v) is 4.32. The average Bonchev–Trinajstić information content (AvgIpc) is 2.34. The minimum atomic E-state index is -0.644. The molecule has 70 valence electrons. The summed E-state index contributed by atoms with van der Waals surface area (Å²) in [5.41, 5.74) is 0. The van der Waals surface area contributed by atoms with E-state index < -0.39 is 12.2 Å². The van der Waals surface area contributed by atoms with E-state index in [1.807, 2.05) is 13.0 Å². The molecule has 0 spiro atoms. The van der Waals surface area contributed by atoms with Crippen LogP contribution in [0.4, 0.5) is 0 Å². The van der Waals surface area contributed by atoms with Gasteiger partial charge < -0.3 is 14.9 Å². The van der Waals surface area contributed by atoms with Gasteiger partial charge in [-0.2, -0.15) is 0 Å². The molecule has 1 rings (SSSR count). The Bertz CT molecular complexity index is 175. The summed E-state index contributed by atoms with van der Waals surface area (Å²) in [5, 5.41) is 18.5. The number of ether oxygens (including phenoxy) is 1. The topological polar surface area (TPSA) is 49.7 Å². The van der Waals surface area contributed by atoms with Gasteiger partial charge in [0.05, 0.1) is 12.2 Å². The van der Waals surface area contributed by atoms with Gasteiger partial charge >= 0.3 is 0 Å². The molecule has 0 radical (unpaired) electrons. The standard InChI is InChI=1S/C9H16O3/c1-6(10)5-8(11)9-4-3-7(2)12-9/h4,6-8,10-11H,3,5H2,1-2H3/t6?,7-,8?/m1/s1. The van der Waals surface area contributed by atoms with E-state index in [1.165, 1.54) is 0 Å². The van der Waals surface area contributed by atoms with Crippen molar-refractivity contribution in [1.82, 2.24) is 0 Å². The zero-order valence-corrected chi connectivity index (χ0v) is 7.53. The van der Waals surface area contributed by atoms with Crippen LogP contribution < -0.4 is 0 Å². The fourth-order valence-electron chi connectivity index (χ4n) is 1.26. The van der Waals surface area contributed by atoms with Crippen molar-refractivity contribution < 1.29 is 14.9 Å². The smallest absolute Gasteiger partial charge is 0.121 e. The first-order chi connectivity index (χ1) is 5.59. The van der Waals surface area contributed by atoms with Gasteiger partial charge in [0.15, 0.2) is 0 Å². The second-order valence-electron chi connectivity index (χ2n) is 3.37. The zero-order chi connectivity index (χ0) is 9.14. The van der Waals surface area contributed by atoms with Crippen molar-refractivity contribution in [3.63, 3.8) is 0 Å². The maximum absolute atomic E-state index is 9.48. The molecule has 1 heterocycles. The molecule has 3 heteroatoms. The van der Waals surface area contributed by atoms with Crippen molar-refractivity contribution >= 4 is 0 Å². The maximum atomic E-state index is 9.48. The third kappa shape index (κ3) is 2.50. The highest BCUT2D eigenvalue weighted by molar-refractivity contribution is 5.06. The van der Waals surface area contributed by atoms with Gasteiger partial charge in [-0.15, -0.1) is 0 Å². The van der Waals surface area contributed by atoms with Crippen molar-refractivity contribution in [2.24, 2.45) is 0 Å². The Kier molecular flexibility index (Phi) is 3.12. The van der Waals surface area contributed by atoms with E-state index >= 15 is 0 Å². The molecule has 1 aliphatic heterocycles. The Morgan fingerprint density at radius 1 is 1.67 bits per heavy atom. The molecule has 12 heavy (non-hydrogen) atoms. The molecule has 0 aromatic heterocycles. The quantitative estimate of drug-likeness (QED) is 0.662.